The molecule has 180 valence electrons. The van der Waals surface area contributed by atoms with Crippen LogP contribution in [0.15, 0.2) is 78.9 Å². The summed E-state index contributed by atoms with van der Waals surface area (Å²) in [5, 5.41) is 0. The van der Waals surface area contributed by atoms with Gasteiger partial charge in [-0.2, -0.15) is 9.37 Å². The number of halogens is 1. The summed E-state index contributed by atoms with van der Waals surface area (Å²) in [5.41, 5.74) is 3.82. The highest BCUT2D eigenvalue weighted by Gasteiger charge is 2.22. The van der Waals surface area contributed by atoms with Crippen LogP contribution in [0.3, 0.4) is 0 Å². The fraction of sp³-hybridized carbons (Fsp3) is 0.276. The fourth-order valence-electron chi connectivity index (χ4n) is 4.49. The van der Waals surface area contributed by atoms with E-state index in [1.54, 1.807) is 0 Å². The van der Waals surface area contributed by atoms with Crippen molar-refractivity contribution in [3.8, 4) is 22.9 Å². The summed E-state index contributed by atoms with van der Waals surface area (Å²) in [5.74, 6) is 1.81. The predicted octanol–water partition coefficient (Wildman–Crippen LogP) is 6.42. The first-order chi connectivity index (χ1) is 17.2. The number of imidazole rings is 1. The summed E-state index contributed by atoms with van der Waals surface area (Å²) >= 11 is 0. The molecule has 4 aromatic rings. The van der Waals surface area contributed by atoms with Crippen molar-refractivity contribution in [1.82, 2.24) is 14.5 Å². The highest BCUT2D eigenvalue weighted by Crippen LogP contribution is 2.33. The number of hydrogen-bond donors (Lipinski definition) is 0. The van der Waals surface area contributed by atoms with Gasteiger partial charge >= 0.3 is 0 Å². The van der Waals surface area contributed by atoms with E-state index in [0.29, 0.717) is 31.2 Å². The van der Waals surface area contributed by atoms with Gasteiger partial charge < -0.3 is 14.0 Å². The minimum atomic E-state index is -0.399. The molecule has 0 fully saturated rings. The van der Waals surface area contributed by atoms with E-state index >= 15 is 4.39 Å². The molecule has 3 aromatic carbocycles. The third-order valence-corrected chi connectivity index (χ3v) is 6.26. The van der Waals surface area contributed by atoms with Gasteiger partial charge in [0.05, 0.1) is 5.69 Å². The average Bonchev–Trinajstić information content (AvgIpc) is 3.48. The maximum atomic E-state index is 15.4. The van der Waals surface area contributed by atoms with E-state index in [1.807, 2.05) is 66.7 Å². The van der Waals surface area contributed by atoms with Crippen molar-refractivity contribution in [2.45, 2.75) is 45.9 Å². The number of fused-ring (bicyclic) bond motifs is 1. The van der Waals surface area contributed by atoms with Crippen molar-refractivity contribution >= 4 is 0 Å². The Balaban J connectivity index is 1.47. The SMILES string of the molecule is CCCCn1c(-c2ccccc2)nc(F)c1CN(Cc1ccccc1)Cc1ccc2c(c1)OCO2. The third kappa shape index (κ3) is 5.38. The van der Waals surface area contributed by atoms with Crippen LogP contribution in [0.2, 0.25) is 0 Å². The maximum absolute atomic E-state index is 15.4. The summed E-state index contributed by atoms with van der Waals surface area (Å²) < 4.78 is 28.5. The molecule has 6 heteroatoms. The summed E-state index contributed by atoms with van der Waals surface area (Å²) in [6, 6.07) is 26.2. The van der Waals surface area contributed by atoms with Gasteiger partial charge in [-0.25, -0.2) is 0 Å². The largest absolute Gasteiger partial charge is 0.454 e. The molecular formula is C29H30FN3O2. The molecule has 1 aromatic heterocycles. The monoisotopic (exact) mass is 471 g/mol. The van der Waals surface area contributed by atoms with Gasteiger partial charge in [0.2, 0.25) is 12.7 Å². The second kappa shape index (κ2) is 10.7. The van der Waals surface area contributed by atoms with E-state index in [2.05, 4.69) is 33.5 Å². The van der Waals surface area contributed by atoms with Crippen LogP contribution in [0.25, 0.3) is 11.4 Å². The third-order valence-electron chi connectivity index (χ3n) is 6.26. The summed E-state index contributed by atoms with van der Waals surface area (Å²) in [7, 11) is 0. The zero-order chi connectivity index (χ0) is 24.0. The number of benzene rings is 3. The van der Waals surface area contributed by atoms with Gasteiger partial charge in [-0.1, -0.05) is 80.1 Å². The molecule has 0 saturated carbocycles. The highest BCUT2D eigenvalue weighted by atomic mass is 19.1. The molecule has 1 aliphatic heterocycles. The van der Waals surface area contributed by atoms with Crippen molar-refractivity contribution < 1.29 is 13.9 Å². The standard InChI is InChI=1S/C29H30FN3O2/c1-2-3-16-33-25(28(30)31-29(33)24-12-8-5-9-13-24)20-32(18-22-10-6-4-7-11-22)19-23-14-15-26-27(17-23)35-21-34-26/h4-15,17H,2-3,16,18-21H2,1H3. The minimum Gasteiger partial charge on any atom is -0.454 e. The Morgan fingerprint density at radius 2 is 1.57 bits per heavy atom. The molecule has 0 aliphatic carbocycles. The zero-order valence-electron chi connectivity index (χ0n) is 20.0. The Labute approximate surface area is 205 Å². The molecule has 5 rings (SSSR count). The van der Waals surface area contributed by atoms with Crippen molar-refractivity contribution in [3.63, 3.8) is 0 Å². The number of unbranched alkanes of at least 4 members (excludes halogenated alkanes) is 1. The van der Waals surface area contributed by atoms with Crippen molar-refractivity contribution in [2.24, 2.45) is 0 Å². The van der Waals surface area contributed by atoms with Gasteiger partial charge in [-0.3, -0.25) is 4.90 Å². The van der Waals surface area contributed by atoms with E-state index in [-0.39, 0.29) is 6.79 Å². The lowest BCUT2D eigenvalue weighted by Crippen LogP contribution is -2.25. The van der Waals surface area contributed by atoms with E-state index in [4.69, 9.17) is 9.47 Å². The first-order valence-electron chi connectivity index (χ1n) is 12.2. The lowest BCUT2D eigenvalue weighted by atomic mass is 10.1. The molecular weight excluding hydrogens is 441 g/mol. The number of nitrogens with zero attached hydrogens (tertiary/aromatic N) is 3. The molecule has 0 unspecified atom stereocenters. The Morgan fingerprint density at radius 1 is 0.857 bits per heavy atom. The van der Waals surface area contributed by atoms with E-state index < -0.39 is 5.95 Å². The molecule has 0 amide bonds. The molecule has 0 radical (unpaired) electrons. The minimum absolute atomic E-state index is 0.247. The van der Waals surface area contributed by atoms with Crippen LogP contribution in [0.4, 0.5) is 4.39 Å². The van der Waals surface area contributed by atoms with Gasteiger partial charge in [0.15, 0.2) is 11.5 Å². The Bertz CT molecular complexity index is 1260. The van der Waals surface area contributed by atoms with Gasteiger partial charge in [-0.15, -0.1) is 0 Å². The van der Waals surface area contributed by atoms with Crippen LogP contribution in [-0.4, -0.2) is 21.2 Å². The number of rotatable bonds is 10. The van der Waals surface area contributed by atoms with Gasteiger partial charge in [0.1, 0.15) is 5.82 Å². The molecule has 1 aliphatic rings. The van der Waals surface area contributed by atoms with Crippen molar-refractivity contribution in [3.05, 3.63) is 102 Å². The molecule has 0 spiro atoms. The molecule has 0 N–H and O–H groups in total. The van der Waals surface area contributed by atoms with Gasteiger partial charge in [-0.05, 0) is 29.7 Å². The number of ether oxygens (including phenoxy) is 2. The molecule has 2 heterocycles. The molecule has 0 saturated heterocycles. The van der Waals surface area contributed by atoms with Crippen LogP contribution >= 0.6 is 0 Å². The Kier molecular flexibility index (Phi) is 7.09. The first-order valence-corrected chi connectivity index (χ1v) is 12.2. The topological polar surface area (TPSA) is 39.5 Å². The smallest absolute Gasteiger partial charge is 0.235 e. The zero-order valence-corrected chi connectivity index (χ0v) is 20.0. The van der Waals surface area contributed by atoms with E-state index in [1.165, 1.54) is 5.56 Å². The van der Waals surface area contributed by atoms with Gasteiger partial charge in [0.25, 0.3) is 0 Å². The lowest BCUT2D eigenvalue weighted by molar-refractivity contribution is 0.174. The van der Waals surface area contributed by atoms with Crippen LogP contribution < -0.4 is 9.47 Å². The number of hydrogen-bond acceptors (Lipinski definition) is 4. The lowest BCUT2D eigenvalue weighted by Gasteiger charge is -2.24. The highest BCUT2D eigenvalue weighted by molar-refractivity contribution is 5.56. The Hall–Kier alpha value is -3.64. The average molecular weight is 472 g/mol. The fourth-order valence-corrected chi connectivity index (χ4v) is 4.49. The first kappa shape index (κ1) is 23.1. The van der Waals surface area contributed by atoms with E-state index in [9.17, 15) is 0 Å². The predicted molar refractivity (Wildman–Crippen MR) is 134 cm³/mol. The maximum Gasteiger partial charge on any atom is 0.235 e. The molecule has 0 atom stereocenters. The number of aromatic nitrogens is 2. The van der Waals surface area contributed by atoms with Crippen LogP contribution in [0.5, 0.6) is 11.5 Å². The summed E-state index contributed by atoms with van der Waals surface area (Å²) in [4.78, 5) is 6.64. The normalized spacial score (nSPS) is 12.4. The quantitative estimate of drug-likeness (QED) is 0.268. The second-order valence-corrected chi connectivity index (χ2v) is 8.86. The summed E-state index contributed by atoms with van der Waals surface area (Å²) in [6.45, 7) is 4.90. The Morgan fingerprint density at radius 3 is 2.34 bits per heavy atom. The van der Waals surface area contributed by atoms with E-state index in [0.717, 1.165) is 42.0 Å². The second-order valence-electron chi connectivity index (χ2n) is 8.86. The van der Waals surface area contributed by atoms with Gasteiger partial charge in [0, 0.05) is 31.7 Å². The molecule has 35 heavy (non-hydrogen) atoms. The van der Waals surface area contributed by atoms with Crippen LogP contribution in [-0.2, 0) is 26.2 Å². The molecule has 5 nitrogen and oxygen atoms in total. The van der Waals surface area contributed by atoms with Crippen LogP contribution in [0, 0.1) is 5.95 Å². The van der Waals surface area contributed by atoms with Crippen molar-refractivity contribution in [1.29, 1.82) is 0 Å². The van der Waals surface area contributed by atoms with Crippen molar-refractivity contribution in [2.75, 3.05) is 6.79 Å². The van der Waals surface area contributed by atoms with Crippen LogP contribution in [0.1, 0.15) is 36.6 Å². The molecule has 0 bridgehead atoms. The summed E-state index contributed by atoms with van der Waals surface area (Å²) in [6.07, 6.45) is 1.99.